The first-order valence-electron chi connectivity index (χ1n) is 6.75. The van der Waals surface area contributed by atoms with Gasteiger partial charge in [-0.15, -0.1) is 0 Å². The van der Waals surface area contributed by atoms with Crippen molar-refractivity contribution in [3.05, 3.63) is 23.5 Å². The van der Waals surface area contributed by atoms with Gasteiger partial charge < -0.3 is 15.6 Å². The van der Waals surface area contributed by atoms with Gasteiger partial charge in [0.1, 0.15) is 6.61 Å². The summed E-state index contributed by atoms with van der Waals surface area (Å²) in [6, 6.07) is 2.13. The lowest BCUT2D eigenvalue weighted by Gasteiger charge is -2.26. The topological polar surface area (TPSA) is 75.8 Å². The summed E-state index contributed by atoms with van der Waals surface area (Å²) in [4.78, 5) is 13.2. The fraction of sp³-hybridized carbons (Fsp3) is 0.500. The number of carbonyl (C=O) groups is 1. The summed E-state index contributed by atoms with van der Waals surface area (Å²) >= 11 is 0. The van der Waals surface area contributed by atoms with Gasteiger partial charge in [-0.25, -0.2) is 9.18 Å². The monoisotopic (exact) mass is 282 g/mol. The Bertz CT molecular complexity index is 488. The fourth-order valence-corrected chi connectivity index (χ4v) is 2.33. The first-order chi connectivity index (χ1) is 9.58. The van der Waals surface area contributed by atoms with Crippen molar-refractivity contribution in [3.63, 3.8) is 0 Å². The lowest BCUT2D eigenvalue weighted by Crippen LogP contribution is -2.33. The molecular weight excluding hydrogens is 263 g/mol. The van der Waals surface area contributed by atoms with Crippen LogP contribution >= 0.6 is 0 Å². The summed E-state index contributed by atoms with van der Waals surface area (Å²) < 4.78 is 19.0. The molecule has 1 saturated heterocycles. The summed E-state index contributed by atoms with van der Waals surface area (Å²) in [5.41, 5.74) is 5.21. The average Bonchev–Trinajstić information content (AvgIpc) is 2.42. The van der Waals surface area contributed by atoms with E-state index < -0.39 is 11.8 Å². The molecule has 1 heterocycles. The Labute approximate surface area is 117 Å². The van der Waals surface area contributed by atoms with Crippen LogP contribution in [-0.4, -0.2) is 42.2 Å². The van der Waals surface area contributed by atoms with E-state index in [0.29, 0.717) is 13.2 Å². The van der Waals surface area contributed by atoms with E-state index in [-0.39, 0.29) is 17.0 Å². The molecule has 6 heteroatoms. The van der Waals surface area contributed by atoms with Crippen molar-refractivity contribution in [2.24, 2.45) is 0 Å². The van der Waals surface area contributed by atoms with E-state index in [9.17, 15) is 9.18 Å². The molecular formula is C14H19FN2O3. The number of rotatable bonds is 5. The second-order valence-electron chi connectivity index (χ2n) is 4.93. The molecule has 0 aromatic heterocycles. The molecule has 5 nitrogen and oxygen atoms in total. The molecule has 0 spiro atoms. The number of ether oxygens (including phenoxy) is 1. The maximum absolute atomic E-state index is 13.6. The molecule has 0 bridgehead atoms. The maximum atomic E-state index is 13.6. The third-order valence-corrected chi connectivity index (χ3v) is 3.45. The van der Waals surface area contributed by atoms with Gasteiger partial charge in [0.15, 0.2) is 11.6 Å². The number of piperidine rings is 1. The number of likely N-dealkylation sites (tertiary alicyclic amines) is 1. The second kappa shape index (κ2) is 6.56. The minimum atomic E-state index is -1.19. The molecule has 1 aromatic rings. The highest BCUT2D eigenvalue weighted by molar-refractivity contribution is 5.94. The second-order valence-corrected chi connectivity index (χ2v) is 4.93. The Balaban J connectivity index is 1.94. The van der Waals surface area contributed by atoms with Crippen LogP contribution in [0.3, 0.4) is 0 Å². The van der Waals surface area contributed by atoms with Gasteiger partial charge in [0.2, 0.25) is 0 Å². The van der Waals surface area contributed by atoms with Crippen LogP contribution in [0.4, 0.5) is 10.1 Å². The Kier molecular flexibility index (Phi) is 4.79. The zero-order valence-electron chi connectivity index (χ0n) is 11.3. The molecule has 20 heavy (non-hydrogen) atoms. The van der Waals surface area contributed by atoms with E-state index >= 15 is 0 Å². The van der Waals surface area contributed by atoms with E-state index in [4.69, 9.17) is 15.6 Å². The molecule has 0 aliphatic carbocycles. The number of carboxylic acid groups (broad SMARTS) is 1. The van der Waals surface area contributed by atoms with Crippen LogP contribution < -0.4 is 10.5 Å². The average molecular weight is 282 g/mol. The predicted molar refractivity (Wildman–Crippen MR) is 73.6 cm³/mol. The normalized spacial score (nSPS) is 16.1. The smallest absolute Gasteiger partial charge is 0.337 e. The van der Waals surface area contributed by atoms with Gasteiger partial charge in [-0.05, 0) is 32.0 Å². The molecule has 1 aliphatic heterocycles. The van der Waals surface area contributed by atoms with E-state index in [1.54, 1.807) is 0 Å². The number of nitrogens with zero attached hydrogens (tertiary/aromatic N) is 1. The van der Waals surface area contributed by atoms with Crippen LogP contribution in [0, 0.1) is 5.82 Å². The van der Waals surface area contributed by atoms with E-state index in [1.807, 2.05) is 0 Å². The summed E-state index contributed by atoms with van der Waals surface area (Å²) in [5, 5.41) is 8.94. The number of anilines is 1. The van der Waals surface area contributed by atoms with Gasteiger partial charge in [-0.3, -0.25) is 4.90 Å². The number of halogens is 1. The molecule has 1 aliphatic rings. The van der Waals surface area contributed by atoms with Gasteiger partial charge >= 0.3 is 5.97 Å². The van der Waals surface area contributed by atoms with Gasteiger partial charge in [-0.2, -0.15) is 0 Å². The fourth-order valence-electron chi connectivity index (χ4n) is 2.33. The van der Waals surface area contributed by atoms with Crippen molar-refractivity contribution < 1.29 is 19.0 Å². The van der Waals surface area contributed by atoms with Crippen molar-refractivity contribution >= 4 is 11.7 Å². The van der Waals surface area contributed by atoms with Crippen molar-refractivity contribution in [1.29, 1.82) is 0 Å². The number of nitrogens with two attached hydrogens (primary N) is 1. The Morgan fingerprint density at radius 2 is 2.05 bits per heavy atom. The third-order valence-electron chi connectivity index (χ3n) is 3.45. The minimum absolute atomic E-state index is 0.0615. The van der Waals surface area contributed by atoms with Crippen molar-refractivity contribution in [1.82, 2.24) is 4.90 Å². The zero-order valence-corrected chi connectivity index (χ0v) is 11.3. The number of nitrogen functional groups attached to an aromatic ring is 1. The lowest BCUT2D eigenvalue weighted by atomic mass is 10.1. The minimum Gasteiger partial charge on any atom is -0.489 e. The molecule has 0 unspecified atom stereocenters. The molecule has 0 radical (unpaired) electrons. The number of benzene rings is 1. The summed E-state index contributed by atoms with van der Waals surface area (Å²) in [6.45, 7) is 3.12. The van der Waals surface area contributed by atoms with Gasteiger partial charge in [0.05, 0.1) is 5.56 Å². The number of aromatic carboxylic acids is 1. The highest BCUT2D eigenvalue weighted by Crippen LogP contribution is 2.24. The summed E-state index contributed by atoms with van der Waals surface area (Å²) in [5.74, 6) is -1.89. The molecule has 3 N–H and O–H groups in total. The standard InChI is InChI=1S/C14H19FN2O3/c15-11-9-12(16)10(14(18)19)8-13(11)20-7-6-17-4-2-1-3-5-17/h8-9H,1-7,16H2,(H,18,19). The zero-order chi connectivity index (χ0) is 14.5. The molecule has 0 amide bonds. The van der Waals surface area contributed by atoms with E-state index in [1.165, 1.54) is 19.3 Å². The molecule has 110 valence electrons. The Hall–Kier alpha value is -1.82. The van der Waals surface area contributed by atoms with E-state index in [2.05, 4.69) is 4.90 Å². The first kappa shape index (κ1) is 14.6. The molecule has 0 atom stereocenters. The predicted octanol–water partition coefficient (Wildman–Crippen LogP) is 1.97. The van der Waals surface area contributed by atoms with Gasteiger partial charge in [0.25, 0.3) is 0 Å². The van der Waals surface area contributed by atoms with Crippen LogP contribution in [0.25, 0.3) is 0 Å². The molecule has 1 aromatic carbocycles. The Morgan fingerprint density at radius 3 is 2.70 bits per heavy atom. The van der Waals surface area contributed by atoms with Crippen molar-refractivity contribution in [2.75, 3.05) is 32.0 Å². The highest BCUT2D eigenvalue weighted by Gasteiger charge is 2.15. The Morgan fingerprint density at radius 1 is 1.35 bits per heavy atom. The van der Waals surface area contributed by atoms with Gasteiger partial charge in [0, 0.05) is 18.3 Å². The maximum Gasteiger partial charge on any atom is 0.337 e. The number of carboxylic acids is 1. The number of hydrogen-bond acceptors (Lipinski definition) is 4. The molecule has 0 saturated carbocycles. The molecule has 2 rings (SSSR count). The van der Waals surface area contributed by atoms with Crippen LogP contribution in [0.15, 0.2) is 12.1 Å². The summed E-state index contributed by atoms with van der Waals surface area (Å²) in [7, 11) is 0. The third kappa shape index (κ3) is 3.60. The van der Waals surface area contributed by atoms with Gasteiger partial charge in [-0.1, -0.05) is 6.42 Å². The van der Waals surface area contributed by atoms with Crippen molar-refractivity contribution in [2.45, 2.75) is 19.3 Å². The summed E-state index contributed by atoms with van der Waals surface area (Å²) in [6.07, 6.45) is 3.62. The SMILES string of the molecule is Nc1cc(F)c(OCCN2CCCCC2)cc1C(=O)O. The lowest BCUT2D eigenvalue weighted by molar-refractivity contribution is 0.0697. The highest BCUT2D eigenvalue weighted by atomic mass is 19.1. The van der Waals surface area contributed by atoms with Crippen molar-refractivity contribution in [3.8, 4) is 5.75 Å². The van der Waals surface area contributed by atoms with Crippen LogP contribution in [0.2, 0.25) is 0 Å². The first-order valence-corrected chi connectivity index (χ1v) is 6.75. The van der Waals surface area contributed by atoms with Crippen LogP contribution in [0.5, 0.6) is 5.75 Å². The van der Waals surface area contributed by atoms with Crippen LogP contribution in [0.1, 0.15) is 29.6 Å². The van der Waals surface area contributed by atoms with Crippen LogP contribution in [-0.2, 0) is 0 Å². The quantitative estimate of drug-likeness (QED) is 0.808. The number of hydrogen-bond donors (Lipinski definition) is 2. The molecule has 1 fully saturated rings. The largest absolute Gasteiger partial charge is 0.489 e. The van der Waals surface area contributed by atoms with E-state index in [0.717, 1.165) is 25.2 Å².